The van der Waals surface area contributed by atoms with Crippen LogP contribution in [-0.2, 0) is 19.2 Å². The van der Waals surface area contributed by atoms with Gasteiger partial charge in [-0.1, -0.05) is 0 Å². The molecule has 0 aromatic heterocycles. The van der Waals surface area contributed by atoms with Crippen LogP contribution >= 0.6 is 0 Å². The minimum Gasteiger partial charge on any atom is -0.550 e. The van der Waals surface area contributed by atoms with E-state index in [9.17, 15) is 39.6 Å². The molecular weight excluding hydrogens is 280 g/mol. The van der Waals surface area contributed by atoms with Gasteiger partial charge in [0.1, 0.15) is 0 Å². The van der Waals surface area contributed by atoms with Crippen molar-refractivity contribution in [2.24, 2.45) is 0 Å². The first-order valence-electron chi connectivity index (χ1n) is 3.05. The molecular formula is C6H4Ca2O8. The molecule has 0 spiro atoms. The van der Waals surface area contributed by atoms with Crippen molar-refractivity contribution in [3.8, 4) is 0 Å². The summed E-state index contributed by atoms with van der Waals surface area (Å²) in [7, 11) is 0. The Morgan fingerprint density at radius 1 is 0.562 bits per heavy atom. The van der Waals surface area contributed by atoms with E-state index in [0.29, 0.717) is 0 Å². The predicted octanol–water partition coefficient (Wildman–Crippen LogP) is -7.01. The van der Waals surface area contributed by atoms with Gasteiger partial charge in [-0.15, -0.1) is 0 Å². The maximum absolute atomic E-state index is 9.28. The van der Waals surface area contributed by atoms with Crippen molar-refractivity contribution in [1.82, 2.24) is 0 Å². The van der Waals surface area contributed by atoms with Crippen molar-refractivity contribution >= 4 is 99.4 Å². The molecule has 10 heteroatoms. The first kappa shape index (κ1) is 25.3. The second-order valence-corrected chi connectivity index (χ2v) is 1.84. The average Bonchev–Trinajstić information content (AvgIpc) is 1.79. The number of hydrogen-bond acceptors (Lipinski definition) is 8. The van der Waals surface area contributed by atoms with Gasteiger partial charge in [0, 0.05) is 36.7 Å². The van der Waals surface area contributed by atoms with Crippen LogP contribution in [0, 0.1) is 0 Å². The van der Waals surface area contributed by atoms with Crippen molar-refractivity contribution in [2.75, 3.05) is 0 Å². The van der Waals surface area contributed by atoms with Crippen LogP contribution in [0.3, 0.4) is 0 Å². The summed E-state index contributed by atoms with van der Waals surface area (Å²) < 4.78 is 0. The Bertz CT molecular complexity index is 201. The minimum absolute atomic E-state index is 0. The van der Waals surface area contributed by atoms with Gasteiger partial charge in [0.05, 0.1) is 0 Å². The van der Waals surface area contributed by atoms with Gasteiger partial charge in [-0.3, -0.25) is 0 Å². The molecule has 0 atom stereocenters. The Morgan fingerprint density at radius 2 is 0.688 bits per heavy atom. The van der Waals surface area contributed by atoms with Crippen molar-refractivity contribution in [2.45, 2.75) is 12.8 Å². The third kappa shape index (κ3) is 36.6. The SMILES string of the molecule is O=C([O-])CC(=O)[O-].O=C([O-])CC(=O)[O-].[Ca+2].[Ca+2]. The first-order chi connectivity index (χ1) is 6.25. The number of hydrogen-bond donors (Lipinski definition) is 0. The molecule has 0 rings (SSSR count). The zero-order valence-corrected chi connectivity index (χ0v) is 12.5. The zero-order valence-electron chi connectivity index (χ0n) is 8.09. The van der Waals surface area contributed by atoms with Crippen LogP contribution in [0.4, 0.5) is 0 Å². The quantitative estimate of drug-likeness (QED) is 0.363. The summed E-state index contributed by atoms with van der Waals surface area (Å²) in [5, 5.41) is 37.1. The van der Waals surface area contributed by atoms with Crippen LogP contribution in [-0.4, -0.2) is 99.4 Å². The molecule has 0 bridgehead atoms. The summed E-state index contributed by atoms with van der Waals surface area (Å²) in [6, 6.07) is 0. The number of rotatable bonds is 4. The Labute approximate surface area is 150 Å². The maximum atomic E-state index is 9.28. The van der Waals surface area contributed by atoms with Gasteiger partial charge < -0.3 is 39.6 Å². The molecule has 0 heterocycles. The Hall–Kier alpha value is 0.399. The Morgan fingerprint density at radius 3 is 0.688 bits per heavy atom. The van der Waals surface area contributed by atoms with Gasteiger partial charge in [0.15, 0.2) is 0 Å². The van der Waals surface area contributed by atoms with E-state index < -0.39 is 36.7 Å². The van der Waals surface area contributed by atoms with E-state index in [0.717, 1.165) is 0 Å². The summed E-state index contributed by atoms with van der Waals surface area (Å²) in [5.74, 6) is -6.50. The van der Waals surface area contributed by atoms with Gasteiger partial charge in [0.2, 0.25) is 0 Å². The average molecular weight is 284 g/mol. The maximum Gasteiger partial charge on any atom is 2.00 e. The normalized spacial score (nSPS) is 7.00. The second kappa shape index (κ2) is 15.4. The Kier molecular flexibility index (Phi) is 24.3. The number of aliphatic carboxylic acids is 4. The smallest absolute Gasteiger partial charge is 0.550 e. The van der Waals surface area contributed by atoms with E-state index in [1.54, 1.807) is 0 Å². The van der Waals surface area contributed by atoms with Gasteiger partial charge in [-0.05, 0) is 0 Å². The Balaban J connectivity index is -0.0000000800. The van der Waals surface area contributed by atoms with Crippen molar-refractivity contribution < 1.29 is 39.6 Å². The number of carbonyl (C=O) groups excluding carboxylic acids is 4. The van der Waals surface area contributed by atoms with E-state index in [2.05, 4.69) is 0 Å². The second-order valence-electron chi connectivity index (χ2n) is 1.84. The number of carboxylic acids is 4. The van der Waals surface area contributed by atoms with E-state index in [4.69, 9.17) is 0 Å². The van der Waals surface area contributed by atoms with Crippen molar-refractivity contribution in [1.29, 1.82) is 0 Å². The first-order valence-corrected chi connectivity index (χ1v) is 3.05. The molecule has 0 saturated carbocycles. The standard InChI is InChI=1S/2C3H4O4.2Ca/c2*4-2(5)1-3(6)7;;/h2*1H2,(H,4,5)(H,6,7);;/q;;2*+2/p-4. The molecule has 0 aliphatic rings. The largest absolute Gasteiger partial charge is 2.00 e. The molecule has 0 radical (unpaired) electrons. The van der Waals surface area contributed by atoms with Crippen molar-refractivity contribution in [3.63, 3.8) is 0 Å². The van der Waals surface area contributed by atoms with Crippen LogP contribution in [0.15, 0.2) is 0 Å². The molecule has 0 aromatic rings. The molecule has 0 N–H and O–H groups in total. The zero-order chi connectivity index (χ0) is 11.7. The third-order valence-corrected chi connectivity index (χ3v) is 0.577. The molecule has 0 unspecified atom stereocenters. The molecule has 0 amide bonds. The van der Waals surface area contributed by atoms with Gasteiger partial charge in [-0.2, -0.15) is 0 Å². The van der Waals surface area contributed by atoms with E-state index >= 15 is 0 Å². The van der Waals surface area contributed by atoms with E-state index in [-0.39, 0.29) is 75.5 Å². The fourth-order valence-electron chi connectivity index (χ4n) is 0.236. The monoisotopic (exact) mass is 284 g/mol. The van der Waals surface area contributed by atoms with Crippen LogP contribution in [0.5, 0.6) is 0 Å². The molecule has 16 heavy (non-hydrogen) atoms. The fourth-order valence-corrected chi connectivity index (χ4v) is 0.236. The fraction of sp³-hybridized carbons (Fsp3) is 0.333. The summed E-state index contributed by atoms with van der Waals surface area (Å²) in [6.07, 6.45) is -2.06. The van der Waals surface area contributed by atoms with Crippen LogP contribution in [0.25, 0.3) is 0 Å². The molecule has 0 aliphatic heterocycles. The molecule has 80 valence electrons. The molecule has 0 aromatic carbocycles. The molecule has 0 saturated heterocycles. The summed E-state index contributed by atoms with van der Waals surface area (Å²) in [5.41, 5.74) is 0. The molecule has 0 fully saturated rings. The molecule has 8 nitrogen and oxygen atoms in total. The van der Waals surface area contributed by atoms with Crippen LogP contribution < -0.4 is 20.4 Å². The predicted molar refractivity (Wildman–Crippen MR) is 40.8 cm³/mol. The van der Waals surface area contributed by atoms with Gasteiger partial charge in [-0.25, -0.2) is 0 Å². The van der Waals surface area contributed by atoms with E-state index in [1.807, 2.05) is 0 Å². The van der Waals surface area contributed by atoms with E-state index in [1.165, 1.54) is 0 Å². The number of carbonyl (C=O) groups is 4. The van der Waals surface area contributed by atoms with Gasteiger partial charge >= 0.3 is 75.5 Å². The van der Waals surface area contributed by atoms with Gasteiger partial charge in [0.25, 0.3) is 0 Å². The van der Waals surface area contributed by atoms with Crippen LogP contribution in [0.2, 0.25) is 0 Å². The number of carboxylic acid groups (broad SMARTS) is 4. The topological polar surface area (TPSA) is 161 Å². The summed E-state index contributed by atoms with van der Waals surface area (Å²) >= 11 is 0. The summed E-state index contributed by atoms with van der Waals surface area (Å²) in [4.78, 5) is 37.1. The molecule has 0 aliphatic carbocycles. The van der Waals surface area contributed by atoms with Crippen LogP contribution in [0.1, 0.15) is 12.8 Å². The third-order valence-electron chi connectivity index (χ3n) is 0.577. The minimum atomic E-state index is -1.63. The summed E-state index contributed by atoms with van der Waals surface area (Å²) in [6.45, 7) is 0. The van der Waals surface area contributed by atoms with Crippen molar-refractivity contribution in [3.05, 3.63) is 0 Å².